The van der Waals surface area contributed by atoms with E-state index in [4.69, 9.17) is 4.74 Å². The third-order valence-corrected chi connectivity index (χ3v) is 3.72. The van der Waals surface area contributed by atoms with Crippen molar-refractivity contribution in [1.29, 1.82) is 0 Å². The zero-order chi connectivity index (χ0) is 13.5. The average Bonchev–Trinajstić information content (AvgIpc) is 2.46. The molecule has 1 aliphatic rings. The van der Waals surface area contributed by atoms with Gasteiger partial charge in [0.15, 0.2) is 0 Å². The van der Waals surface area contributed by atoms with Gasteiger partial charge in [-0.1, -0.05) is 6.92 Å². The topological polar surface area (TPSA) is 37.4 Å². The standard InChI is InChI=1S/C15H25N3O/c1-3-16-9-14-6-7-17-10-15(14)18-8-4-5-13(11-18)12-19-2/h6-7,10,13,16H,3-5,8-9,11-12H2,1-2H3. The molecule has 4 heteroatoms. The first-order valence-corrected chi connectivity index (χ1v) is 7.22. The van der Waals surface area contributed by atoms with E-state index in [9.17, 15) is 0 Å². The summed E-state index contributed by atoms with van der Waals surface area (Å²) in [7, 11) is 1.79. The van der Waals surface area contributed by atoms with Gasteiger partial charge in [0, 0.05) is 32.9 Å². The summed E-state index contributed by atoms with van der Waals surface area (Å²) < 4.78 is 5.31. The molecule has 19 heavy (non-hydrogen) atoms. The fraction of sp³-hybridized carbons (Fsp3) is 0.667. The molecule has 4 nitrogen and oxygen atoms in total. The van der Waals surface area contributed by atoms with Crippen LogP contribution in [0.2, 0.25) is 0 Å². The lowest BCUT2D eigenvalue weighted by Gasteiger charge is -2.35. The van der Waals surface area contributed by atoms with Gasteiger partial charge in [0.1, 0.15) is 0 Å². The summed E-state index contributed by atoms with van der Waals surface area (Å²) in [5.41, 5.74) is 2.62. The molecule has 0 bridgehead atoms. The highest BCUT2D eigenvalue weighted by molar-refractivity contribution is 5.52. The van der Waals surface area contributed by atoms with E-state index in [2.05, 4.69) is 28.2 Å². The maximum absolute atomic E-state index is 5.31. The second-order valence-electron chi connectivity index (χ2n) is 5.19. The van der Waals surface area contributed by atoms with Crippen LogP contribution in [0.5, 0.6) is 0 Å². The Balaban J connectivity index is 2.07. The van der Waals surface area contributed by atoms with Crippen molar-refractivity contribution in [1.82, 2.24) is 10.3 Å². The van der Waals surface area contributed by atoms with Crippen LogP contribution >= 0.6 is 0 Å². The van der Waals surface area contributed by atoms with E-state index in [1.807, 2.05) is 12.4 Å². The maximum atomic E-state index is 5.31. The second-order valence-corrected chi connectivity index (χ2v) is 5.19. The molecule has 0 aliphatic carbocycles. The molecule has 1 saturated heterocycles. The number of methoxy groups -OCH3 is 1. The third kappa shape index (κ3) is 3.91. The molecule has 1 aromatic heterocycles. The van der Waals surface area contributed by atoms with Crippen LogP contribution in [0.1, 0.15) is 25.3 Å². The minimum absolute atomic E-state index is 0.644. The molecular weight excluding hydrogens is 238 g/mol. The van der Waals surface area contributed by atoms with Crippen LogP contribution in [0.3, 0.4) is 0 Å². The zero-order valence-corrected chi connectivity index (χ0v) is 12.1. The highest BCUT2D eigenvalue weighted by Gasteiger charge is 2.21. The molecule has 0 amide bonds. The fourth-order valence-electron chi connectivity index (χ4n) is 2.76. The van der Waals surface area contributed by atoms with Gasteiger partial charge in [0.2, 0.25) is 0 Å². The van der Waals surface area contributed by atoms with Crippen molar-refractivity contribution in [2.45, 2.75) is 26.3 Å². The van der Waals surface area contributed by atoms with Crippen LogP contribution in [0.4, 0.5) is 5.69 Å². The summed E-state index contributed by atoms with van der Waals surface area (Å²) >= 11 is 0. The first-order chi connectivity index (χ1) is 9.35. The molecular formula is C15H25N3O. The predicted octanol–water partition coefficient (Wildman–Crippen LogP) is 2.05. The smallest absolute Gasteiger partial charge is 0.0598 e. The van der Waals surface area contributed by atoms with E-state index in [0.29, 0.717) is 5.92 Å². The van der Waals surface area contributed by atoms with Gasteiger partial charge in [-0.15, -0.1) is 0 Å². The minimum Gasteiger partial charge on any atom is -0.384 e. The van der Waals surface area contributed by atoms with Crippen LogP contribution < -0.4 is 10.2 Å². The Bertz CT molecular complexity index is 381. The quantitative estimate of drug-likeness (QED) is 0.852. The van der Waals surface area contributed by atoms with Gasteiger partial charge in [-0.3, -0.25) is 4.98 Å². The van der Waals surface area contributed by atoms with Crippen molar-refractivity contribution in [2.24, 2.45) is 5.92 Å². The molecule has 1 aromatic rings. The molecule has 106 valence electrons. The van der Waals surface area contributed by atoms with Gasteiger partial charge in [-0.2, -0.15) is 0 Å². The van der Waals surface area contributed by atoms with Gasteiger partial charge in [-0.05, 0) is 36.9 Å². The van der Waals surface area contributed by atoms with E-state index < -0.39 is 0 Å². The summed E-state index contributed by atoms with van der Waals surface area (Å²) in [5, 5.41) is 3.40. The minimum atomic E-state index is 0.644. The molecule has 1 fully saturated rings. The van der Waals surface area contributed by atoms with E-state index in [0.717, 1.165) is 32.8 Å². The van der Waals surface area contributed by atoms with Crippen molar-refractivity contribution in [3.05, 3.63) is 24.0 Å². The molecule has 1 atom stereocenters. The number of nitrogens with one attached hydrogen (secondary N) is 1. The van der Waals surface area contributed by atoms with Crippen molar-refractivity contribution in [3.63, 3.8) is 0 Å². The lowest BCUT2D eigenvalue weighted by molar-refractivity contribution is 0.143. The van der Waals surface area contributed by atoms with Crippen LogP contribution in [-0.4, -0.2) is 38.3 Å². The molecule has 1 unspecified atom stereocenters. The van der Waals surface area contributed by atoms with Gasteiger partial charge >= 0.3 is 0 Å². The lowest BCUT2D eigenvalue weighted by atomic mass is 9.98. The summed E-state index contributed by atoms with van der Waals surface area (Å²) in [6, 6.07) is 2.12. The van der Waals surface area contributed by atoms with Crippen molar-refractivity contribution in [3.8, 4) is 0 Å². The number of ether oxygens (including phenoxy) is 1. The van der Waals surface area contributed by atoms with Crippen molar-refractivity contribution < 1.29 is 4.74 Å². The first-order valence-electron chi connectivity index (χ1n) is 7.22. The van der Waals surface area contributed by atoms with Crippen LogP contribution in [0.15, 0.2) is 18.5 Å². The maximum Gasteiger partial charge on any atom is 0.0598 e. The monoisotopic (exact) mass is 263 g/mol. The summed E-state index contributed by atoms with van der Waals surface area (Å²) in [6.45, 7) is 7.12. The van der Waals surface area contributed by atoms with E-state index in [-0.39, 0.29) is 0 Å². The predicted molar refractivity (Wildman–Crippen MR) is 78.4 cm³/mol. The molecule has 2 rings (SSSR count). The molecule has 0 aromatic carbocycles. The number of anilines is 1. The van der Waals surface area contributed by atoms with E-state index in [1.165, 1.54) is 24.1 Å². The normalized spacial score (nSPS) is 19.7. The van der Waals surface area contributed by atoms with Crippen molar-refractivity contribution in [2.75, 3.05) is 38.3 Å². The molecule has 1 N–H and O–H groups in total. The Labute approximate surface area is 116 Å². The number of aromatic nitrogens is 1. The molecule has 0 saturated carbocycles. The van der Waals surface area contributed by atoms with Crippen LogP contribution in [0.25, 0.3) is 0 Å². The van der Waals surface area contributed by atoms with E-state index in [1.54, 1.807) is 7.11 Å². The summed E-state index contributed by atoms with van der Waals surface area (Å²) in [5.74, 6) is 0.644. The summed E-state index contributed by atoms with van der Waals surface area (Å²) in [4.78, 5) is 6.76. The number of nitrogens with zero attached hydrogens (tertiary/aromatic N) is 2. The third-order valence-electron chi connectivity index (χ3n) is 3.72. The zero-order valence-electron chi connectivity index (χ0n) is 12.1. The number of pyridine rings is 1. The van der Waals surface area contributed by atoms with Gasteiger partial charge in [0.05, 0.1) is 18.5 Å². The van der Waals surface area contributed by atoms with Crippen LogP contribution in [-0.2, 0) is 11.3 Å². The van der Waals surface area contributed by atoms with Gasteiger partial charge in [0.25, 0.3) is 0 Å². The molecule has 0 radical (unpaired) electrons. The first kappa shape index (κ1) is 14.3. The van der Waals surface area contributed by atoms with Crippen LogP contribution in [0, 0.1) is 5.92 Å². The Morgan fingerprint density at radius 2 is 2.42 bits per heavy atom. The van der Waals surface area contributed by atoms with Gasteiger partial charge < -0.3 is 15.0 Å². The summed E-state index contributed by atoms with van der Waals surface area (Å²) in [6.07, 6.45) is 6.39. The highest BCUT2D eigenvalue weighted by atomic mass is 16.5. The Morgan fingerprint density at radius 1 is 1.53 bits per heavy atom. The second kappa shape index (κ2) is 7.46. The highest BCUT2D eigenvalue weighted by Crippen LogP contribution is 2.25. The largest absolute Gasteiger partial charge is 0.384 e. The number of hydrogen-bond acceptors (Lipinski definition) is 4. The van der Waals surface area contributed by atoms with Crippen molar-refractivity contribution >= 4 is 5.69 Å². The Kier molecular flexibility index (Phi) is 5.61. The average molecular weight is 263 g/mol. The molecule has 2 heterocycles. The Morgan fingerprint density at radius 3 is 3.21 bits per heavy atom. The number of piperidine rings is 1. The SMILES string of the molecule is CCNCc1ccncc1N1CCCC(COC)C1. The fourth-order valence-corrected chi connectivity index (χ4v) is 2.76. The molecule has 1 aliphatic heterocycles. The number of hydrogen-bond donors (Lipinski definition) is 1. The lowest BCUT2D eigenvalue weighted by Crippen LogP contribution is -2.38. The number of rotatable bonds is 6. The van der Waals surface area contributed by atoms with E-state index >= 15 is 0 Å². The molecule has 0 spiro atoms. The Hall–Kier alpha value is -1.13. The van der Waals surface area contributed by atoms with Gasteiger partial charge in [-0.25, -0.2) is 0 Å².